The van der Waals surface area contributed by atoms with E-state index in [9.17, 15) is 4.79 Å². The maximum absolute atomic E-state index is 12.1. The summed E-state index contributed by atoms with van der Waals surface area (Å²) in [6.45, 7) is 0.647. The third kappa shape index (κ3) is 2.54. The van der Waals surface area contributed by atoms with E-state index in [1.165, 1.54) is 0 Å². The Kier molecular flexibility index (Phi) is 3.11. The quantitative estimate of drug-likeness (QED) is 0.872. The number of amides is 1. The van der Waals surface area contributed by atoms with E-state index < -0.39 is 0 Å². The molecule has 0 unspecified atom stereocenters. The highest BCUT2D eigenvalue weighted by molar-refractivity contribution is 6.18. The predicted molar refractivity (Wildman–Crippen MR) is 74.3 cm³/mol. The molecule has 4 nitrogen and oxygen atoms in total. The molecule has 1 fully saturated rings. The SMILES string of the molecule is O=C(NCC1(CCl)CC1)c1ccc2nccnc2c1. The fourth-order valence-electron chi connectivity index (χ4n) is 2.01. The van der Waals surface area contributed by atoms with Gasteiger partial charge in [-0.25, -0.2) is 0 Å². The molecule has 0 aliphatic heterocycles. The molecule has 2 aromatic rings. The minimum atomic E-state index is -0.0797. The van der Waals surface area contributed by atoms with Crippen molar-refractivity contribution < 1.29 is 4.79 Å². The summed E-state index contributed by atoms with van der Waals surface area (Å²) in [6, 6.07) is 5.34. The predicted octanol–water partition coefficient (Wildman–Crippen LogP) is 2.38. The first-order chi connectivity index (χ1) is 9.22. The first-order valence-electron chi connectivity index (χ1n) is 6.27. The number of hydrogen-bond acceptors (Lipinski definition) is 3. The van der Waals surface area contributed by atoms with Crippen LogP contribution >= 0.6 is 11.6 Å². The van der Waals surface area contributed by atoms with E-state index in [2.05, 4.69) is 15.3 Å². The average Bonchev–Trinajstić information content (AvgIpc) is 3.25. The van der Waals surface area contributed by atoms with Crippen LogP contribution < -0.4 is 5.32 Å². The number of carbonyl (C=O) groups excluding carboxylic acids is 1. The van der Waals surface area contributed by atoms with Crippen LogP contribution in [0.1, 0.15) is 23.2 Å². The molecule has 1 aliphatic rings. The van der Waals surface area contributed by atoms with Gasteiger partial charge in [0.05, 0.1) is 11.0 Å². The van der Waals surface area contributed by atoms with Gasteiger partial charge in [-0.15, -0.1) is 11.6 Å². The lowest BCUT2D eigenvalue weighted by atomic mass is 10.1. The minimum absolute atomic E-state index is 0.0797. The summed E-state index contributed by atoms with van der Waals surface area (Å²) in [5, 5.41) is 2.95. The molecule has 1 aromatic heterocycles. The number of nitrogens with zero attached hydrogens (tertiary/aromatic N) is 2. The van der Waals surface area contributed by atoms with Gasteiger partial charge in [-0.3, -0.25) is 14.8 Å². The number of aromatic nitrogens is 2. The molecule has 0 radical (unpaired) electrons. The van der Waals surface area contributed by atoms with Gasteiger partial charge in [0.15, 0.2) is 0 Å². The normalized spacial score (nSPS) is 16.3. The first-order valence-corrected chi connectivity index (χ1v) is 6.81. The number of alkyl halides is 1. The minimum Gasteiger partial charge on any atom is -0.351 e. The third-order valence-electron chi connectivity index (χ3n) is 3.60. The Labute approximate surface area is 116 Å². The molecule has 3 rings (SSSR count). The van der Waals surface area contributed by atoms with Crippen LogP contribution in [-0.4, -0.2) is 28.3 Å². The van der Waals surface area contributed by atoms with Crippen molar-refractivity contribution in [2.45, 2.75) is 12.8 Å². The highest BCUT2D eigenvalue weighted by Gasteiger charge is 2.41. The third-order valence-corrected chi connectivity index (χ3v) is 4.16. The smallest absolute Gasteiger partial charge is 0.251 e. The number of halogens is 1. The zero-order valence-corrected chi connectivity index (χ0v) is 11.2. The Morgan fingerprint density at radius 2 is 2.00 bits per heavy atom. The summed E-state index contributed by atoms with van der Waals surface area (Å²) in [5.74, 6) is 0.528. The summed E-state index contributed by atoms with van der Waals surface area (Å²) in [4.78, 5) is 20.5. The maximum Gasteiger partial charge on any atom is 0.251 e. The molecule has 0 spiro atoms. The second-order valence-electron chi connectivity index (χ2n) is 5.08. The molecule has 1 amide bonds. The second kappa shape index (κ2) is 4.78. The van der Waals surface area contributed by atoms with E-state index in [1.54, 1.807) is 24.5 Å². The van der Waals surface area contributed by atoms with Crippen molar-refractivity contribution >= 4 is 28.5 Å². The van der Waals surface area contributed by atoms with Crippen molar-refractivity contribution in [3.05, 3.63) is 36.2 Å². The molecule has 0 saturated heterocycles. The van der Waals surface area contributed by atoms with Crippen molar-refractivity contribution in [2.24, 2.45) is 5.41 Å². The lowest BCUT2D eigenvalue weighted by Gasteiger charge is -2.12. The van der Waals surface area contributed by atoms with Gasteiger partial charge < -0.3 is 5.32 Å². The second-order valence-corrected chi connectivity index (χ2v) is 5.34. The van der Waals surface area contributed by atoms with E-state index in [4.69, 9.17) is 11.6 Å². The first kappa shape index (κ1) is 12.4. The van der Waals surface area contributed by atoms with Crippen LogP contribution in [0.5, 0.6) is 0 Å². The number of hydrogen-bond donors (Lipinski definition) is 1. The standard InChI is InChI=1S/C14H14ClN3O/c15-8-14(3-4-14)9-18-13(19)10-1-2-11-12(7-10)17-6-5-16-11/h1-2,5-7H,3-4,8-9H2,(H,18,19). The van der Waals surface area contributed by atoms with Gasteiger partial charge in [0, 0.05) is 35.8 Å². The van der Waals surface area contributed by atoms with Gasteiger partial charge in [0.1, 0.15) is 0 Å². The zero-order chi connectivity index (χ0) is 13.3. The Bertz CT molecular complexity index is 625. The number of rotatable bonds is 4. The molecule has 1 aromatic carbocycles. The van der Waals surface area contributed by atoms with Crippen molar-refractivity contribution in [1.82, 2.24) is 15.3 Å². The van der Waals surface area contributed by atoms with Gasteiger partial charge >= 0.3 is 0 Å². The van der Waals surface area contributed by atoms with Crippen LogP contribution in [0.25, 0.3) is 11.0 Å². The largest absolute Gasteiger partial charge is 0.351 e. The van der Waals surface area contributed by atoms with E-state index in [0.717, 1.165) is 23.9 Å². The van der Waals surface area contributed by atoms with Crippen molar-refractivity contribution in [3.63, 3.8) is 0 Å². The molecule has 19 heavy (non-hydrogen) atoms. The van der Waals surface area contributed by atoms with Crippen LogP contribution in [0, 0.1) is 5.41 Å². The number of fused-ring (bicyclic) bond motifs is 1. The highest BCUT2D eigenvalue weighted by Crippen LogP contribution is 2.45. The van der Waals surface area contributed by atoms with Crippen LogP contribution in [0.15, 0.2) is 30.6 Å². The van der Waals surface area contributed by atoms with Gasteiger partial charge in [0.25, 0.3) is 5.91 Å². The van der Waals surface area contributed by atoms with Crippen LogP contribution in [0.4, 0.5) is 0 Å². The number of benzene rings is 1. The molecular formula is C14H14ClN3O. The molecule has 1 heterocycles. The summed E-state index contributed by atoms with van der Waals surface area (Å²) >= 11 is 5.89. The maximum atomic E-state index is 12.1. The molecular weight excluding hydrogens is 262 g/mol. The van der Waals surface area contributed by atoms with Gasteiger partial charge in [-0.05, 0) is 31.0 Å². The molecule has 1 aliphatic carbocycles. The van der Waals surface area contributed by atoms with Crippen LogP contribution in [0.3, 0.4) is 0 Å². The summed E-state index contributed by atoms with van der Waals surface area (Å²) in [5.41, 5.74) is 2.26. The Hall–Kier alpha value is -1.68. The van der Waals surface area contributed by atoms with E-state index in [1.807, 2.05) is 6.07 Å². The summed E-state index contributed by atoms with van der Waals surface area (Å²) < 4.78 is 0. The lowest BCUT2D eigenvalue weighted by molar-refractivity contribution is 0.0946. The monoisotopic (exact) mass is 275 g/mol. The Morgan fingerprint density at radius 1 is 1.26 bits per heavy atom. The Balaban J connectivity index is 1.74. The molecule has 0 bridgehead atoms. The summed E-state index contributed by atoms with van der Waals surface area (Å²) in [7, 11) is 0. The molecule has 1 saturated carbocycles. The van der Waals surface area contributed by atoms with Crippen LogP contribution in [-0.2, 0) is 0 Å². The summed E-state index contributed by atoms with van der Waals surface area (Å²) in [6.07, 6.45) is 5.45. The highest BCUT2D eigenvalue weighted by atomic mass is 35.5. The number of carbonyl (C=O) groups is 1. The number of nitrogens with one attached hydrogen (secondary N) is 1. The van der Waals surface area contributed by atoms with Crippen molar-refractivity contribution in [3.8, 4) is 0 Å². The molecule has 1 N–H and O–H groups in total. The zero-order valence-electron chi connectivity index (χ0n) is 10.4. The topological polar surface area (TPSA) is 54.9 Å². The fraction of sp³-hybridized carbons (Fsp3) is 0.357. The van der Waals surface area contributed by atoms with Gasteiger partial charge in [-0.2, -0.15) is 0 Å². The molecule has 5 heteroatoms. The lowest BCUT2D eigenvalue weighted by Crippen LogP contribution is -2.30. The van der Waals surface area contributed by atoms with E-state index in [-0.39, 0.29) is 11.3 Å². The van der Waals surface area contributed by atoms with Gasteiger partial charge in [-0.1, -0.05) is 0 Å². The van der Waals surface area contributed by atoms with Crippen LogP contribution in [0.2, 0.25) is 0 Å². The van der Waals surface area contributed by atoms with Crippen molar-refractivity contribution in [2.75, 3.05) is 12.4 Å². The van der Waals surface area contributed by atoms with Gasteiger partial charge in [0.2, 0.25) is 0 Å². The van der Waals surface area contributed by atoms with E-state index in [0.29, 0.717) is 18.0 Å². The molecule has 0 atom stereocenters. The van der Waals surface area contributed by atoms with Crippen molar-refractivity contribution in [1.29, 1.82) is 0 Å². The average molecular weight is 276 g/mol. The fourth-order valence-corrected chi connectivity index (χ4v) is 2.37. The molecule has 98 valence electrons. The Morgan fingerprint density at radius 3 is 2.68 bits per heavy atom. The van der Waals surface area contributed by atoms with E-state index >= 15 is 0 Å².